The lowest BCUT2D eigenvalue weighted by Crippen LogP contribution is -2.23. The Bertz CT molecular complexity index is 1500. The number of halogens is 6. The van der Waals surface area contributed by atoms with E-state index < -0.39 is 23.5 Å². The van der Waals surface area contributed by atoms with Gasteiger partial charge in [0.2, 0.25) is 0 Å². The minimum atomic E-state index is -4.59. The average Bonchev–Trinajstić information content (AvgIpc) is 3.15. The van der Waals surface area contributed by atoms with E-state index in [1.807, 2.05) is 30.3 Å². The molecule has 5 rings (SSSR count). The smallest absolute Gasteiger partial charge is 0.340 e. The second kappa shape index (κ2) is 11.2. The molecular formula is C28H21F6N5S. The highest BCUT2D eigenvalue weighted by molar-refractivity contribution is 7.98. The zero-order chi connectivity index (χ0) is 28.3. The Balaban J connectivity index is 1.49. The molecule has 1 aliphatic heterocycles. The summed E-state index contributed by atoms with van der Waals surface area (Å²) in [6.45, 7) is 0.170. The first-order valence-corrected chi connectivity index (χ1v) is 13.1. The molecule has 5 nitrogen and oxygen atoms in total. The number of aromatic nitrogens is 3. The Labute approximate surface area is 230 Å². The summed E-state index contributed by atoms with van der Waals surface area (Å²) in [5.74, 6) is 0.669. The summed E-state index contributed by atoms with van der Waals surface area (Å²) in [4.78, 5) is 14.7. The molecule has 1 aliphatic rings. The maximum atomic E-state index is 13.7. The van der Waals surface area contributed by atoms with Crippen molar-refractivity contribution in [3.63, 3.8) is 0 Å². The van der Waals surface area contributed by atoms with Gasteiger partial charge in [0.1, 0.15) is 11.6 Å². The molecular weight excluding hydrogens is 552 g/mol. The lowest BCUT2D eigenvalue weighted by atomic mass is 10.1. The van der Waals surface area contributed by atoms with Gasteiger partial charge in [-0.2, -0.15) is 26.3 Å². The Morgan fingerprint density at radius 3 is 2.30 bits per heavy atom. The zero-order valence-corrected chi connectivity index (χ0v) is 21.5. The number of hydrogen-bond acceptors (Lipinski definition) is 6. The lowest BCUT2D eigenvalue weighted by Gasteiger charge is -2.21. The molecule has 2 aromatic heterocycles. The largest absolute Gasteiger partial charge is 0.419 e. The lowest BCUT2D eigenvalue weighted by molar-refractivity contribution is -0.138. The van der Waals surface area contributed by atoms with Crippen LogP contribution < -0.4 is 10.2 Å². The standard InChI is InChI=1S/C28H21F6N5S/c29-27(30,31)19-8-10-20(11-9-19)36-24-21-12-15-39(25-22(28(32,33)34)7-4-14-35-25)16-13-23(21)37-26(38-24)40-17-18-5-2-1-3-6-18/h1-12,14-15H,13,16-17H2,(H,36,37,38). The number of anilines is 3. The minimum Gasteiger partial charge on any atom is -0.340 e. The second-order valence-electron chi connectivity index (χ2n) is 8.82. The molecule has 0 saturated heterocycles. The fourth-order valence-corrected chi connectivity index (χ4v) is 4.93. The van der Waals surface area contributed by atoms with Gasteiger partial charge in [0, 0.05) is 42.4 Å². The van der Waals surface area contributed by atoms with Crippen molar-refractivity contribution in [1.29, 1.82) is 0 Å². The second-order valence-corrected chi connectivity index (χ2v) is 9.76. The number of fused-ring (bicyclic) bond motifs is 1. The van der Waals surface area contributed by atoms with Crippen LogP contribution >= 0.6 is 11.8 Å². The monoisotopic (exact) mass is 573 g/mol. The molecule has 0 spiro atoms. The van der Waals surface area contributed by atoms with Crippen molar-refractivity contribution in [1.82, 2.24) is 15.0 Å². The van der Waals surface area contributed by atoms with E-state index in [0.29, 0.717) is 33.7 Å². The van der Waals surface area contributed by atoms with Crippen LogP contribution in [0.25, 0.3) is 6.08 Å². The van der Waals surface area contributed by atoms with Crippen molar-refractivity contribution in [3.05, 3.63) is 107 Å². The van der Waals surface area contributed by atoms with Gasteiger partial charge in [0.15, 0.2) is 5.16 Å². The van der Waals surface area contributed by atoms with Crippen molar-refractivity contribution in [2.75, 3.05) is 16.8 Å². The molecule has 0 bridgehead atoms. The SMILES string of the molecule is FC(F)(F)c1ccc(Nc2nc(SCc3ccccc3)nc3c2C=CN(c2ncccc2C(F)(F)F)CC3)cc1. The molecule has 12 heteroatoms. The summed E-state index contributed by atoms with van der Waals surface area (Å²) in [5, 5.41) is 3.49. The molecule has 40 heavy (non-hydrogen) atoms. The van der Waals surface area contributed by atoms with Crippen molar-refractivity contribution < 1.29 is 26.3 Å². The van der Waals surface area contributed by atoms with Crippen molar-refractivity contribution >= 4 is 35.2 Å². The van der Waals surface area contributed by atoms with Gasteiger partial charge in [-0.15, -0.1) is 0 Å². The Hall–Kier alpha value is -4.06. The third kappa shape index (κ3) is 6.39. The number of rotatable bonds is 6. The molecule has 1 N–H and O–H groups in total. The number of thioether (sulfide) groups is 1. The fraction of sp³-hybridized carbons (Fsp3) is 0.179. The van der Waals surface area contributed by atoms with Crippen LogP contribution in [-0.4, -0.2) is 21.5 Å². The van der Waals surface area contributed by atoms with Crippen LogP contribution in [0, 0.1) is 0 Å². The van der Waals surface area contributed by atoms with Gasteiger partial charge in [-0.3, -0.25) is 0 Å². The molecule has 0 atom stereocenters. The van der Waals surface area contributed by atoms with Crippen LogP contribution in [0.1, 0.15) is 27.9 Å². The van der Waals surface area contributed by atoms with E-state index in [2.05, 4.69) is 20.3 Å². The van der Waals surface area contributed by atoms with Gasteiger partial charge in [-0.05, 0) is 48.0 Å². The summed E-state index contributed by atoms with van der Waals surface area (Å²) in [6, 6.07) is 16.4. The third-order valence-electron chi connectivity index (χ3n) is 6.06. The summed E-state index contributed by atoms with van der Waals surface area (Å²) < 4.78 is 80.1. The number of pyridine rings is 1. The molecule has 0 fully saturated rings. The number of alkyl halides is 6. The highest BCUT2D eigenvalue weighted by Crippen LogP contribution is 2.37. The van der Waals surface area contributed by atoms with E-state index in [4.69, 9.17) is 0 Å². The highest BCUT2D eigenvalue weighted by atomic mass is 32.2. The Kier molecular flexibility index (Phi) is 7.70. The highest BCUT2D eigenvalue weighted by Gasteiger charge is 2.36. The average molecular weight is 574 g/mol. The first-order chi connectivity index (χ1) is 19.1. The van der Waals surface area contributed by atoms with E-state index in [1.165, 1.54) is 47.3 Å². The Morgan fingerprint density at radius 2 is 1.60 bits per heavy atom. The van der Waals surface area contributed by atoms with Crippen LogP contribution in [0.2, 0.25) is 0 Å². The zero-order valence-electron chi connectivity index (χ0n) is 20.7. The molecule has 0 radical (unpaired) electrons. The van der Waals surface area contributed by atoms with E-state index in [-0.39, 0.29) is 18.8 Å². The number of benzene rings is 2. The summed E-state index contributed by atoms with van der Waals surface area (Å²) in [6.07, 6.45) is -4.41. The van der Waals surface area contributed by atoms with Crippen LogP contribution in [0.4, 0.5) is 43.7 Å². The van der Waals surface area contributed by atoms with Gasteiger partial charge in [-0.1, -0.05) is 42.1 Å². The molecule has 0 aliphatic carbocycles. The third-order valence-corrected chi connectivity index (χ3v) is 6.98. The summed E-state index contributed by atoms with van der Waals surface area (Å²) in [5.41, 5.74) is 0.874. The number of nitrogens with one attached hydrogen (secondary N) is 1. The van der Waals surface area contributed by atoms with E-state index in [0.717, 1.165) is 23.8 Å². The normalized spacial score (nSPS) is 13.6. The van der Waals surface area contributed by atoms with Crippen LogP contribution in [0.15, 0.2) is 84.3 Å². The minimum absolute atomic E-state index is 0.170. The first-order valence-electron chi connectivity index (χ1n) is 12.1. The topological polar surface area (TPSA) is 53.9 Å². The first kappa shape index (κ1) is 27.5. The Morgan fingerprint density at radius 1 is 0.850 bits per heavy atom. The fourth-order valence-electron chi connectivity index (χ4n) is 4.11. The van der Waals surface area contributed by atoms with E-state index >= 15 is 0 Å². The van der Waals surface area contributed by atoms with Crippen LogP contribution in [-0.2, 0) is 24.5 Å². The van der Waals surface area contributed by atoms with Gasteiger partial charge in [0.05, 0.1) is 16.8 Å². The molecule has 0 saturated carbocycles. The molecule has 0 unspecified atom stereocenters. The maximum Gasteiger partial charge on any atom is 0.419 e. The van der Waals surface area contributed by atoms with Gasteiger partial charge >= 0.3 is 12.4 Å². The summed E-state index contributed by atoms with van der Waals surface area (Å²) >= 11 is 1.38. The van der Waals surface area contributed by atoms with Gasteiger partial charge < -0.3 is 10.2 Å². The van der Waals surface area contributed by atoms with Crippen molar-refractivity contribution in [3.8, 4) is 0 Å². The molecule has 0 amide bonds. The molecule has 2 aromatic carbocycles. The van der Waals surface area contributed by atoms with Crippen LogP contribution in [0.5, 0.6) is 0 Å². The number of hydrogen-bond donors (Lipinski definition) is 1. The predicted molar refractivity (Wildman–Crippen MR) is 142 cm³/mol. The van der Waals surface area contributed by atoms with Gasteiger partial charge in [-0.25, -0.2) is 15.0 Å². The molecule has 206 valence electrons. The predicted octanol–water partition coefficient (Wildman–Crippen LogP) is 7.98. The molecule has 3 heterocycles. The molecule has 4 aromatic rings. The van der Waals surface area contributed by atoms with Crippen molar-refractivity contribution in [2.45, 2.75) is 29.7 Å². The van der Waals surface area contributed by atoms with Crippen molar-refractivity contribution in [2.24, 2.45) is 0 Å². The van der Waals surface area contributed by atoms with E-state index in [1.54, 1.807) is 6.08 Å². The summed E-state index contributed by atoms with van der Waals surface area (Å²) in [7, 11) is 0. The van der Waals surface area contributed by atoms with E-state index in [9.17, 15) is 26.3 Å². The van der Waals surface area contributed by atoms with Gasteiger partial charge in [0.25, 0.3) is 0 Å². The number of nitrogens with zero attached hydrogens (tertiary/aromatic N) is 4. The quantitative estimate of drug-likeness (QED) is 0.143. The van der Waals surface area contributed by atoms with Crippen LogP contribution in [0.3, 0.4) is 0 Å². The maximum absolute atomic E-state index is 13.7.